The van der Waals surface area contributed by atoms with Gasteiger partial charge in [0, 0.05) is 23.9 Å². The minimum Gasteiger partial charge on any atom is -0.493 e. The number of piperazine rings is 1. The number of rotatable bonds is 6. The molecular formula is C28H26N6O4S. The van der Waals surface area contributed by atoms with Crippen molar-refractivity contribution in [3.8, 4) is 17.6 Å². The zero-order valence-electron chi connectivity index (χ0n) is 21.5. The second kappa shape index (κ2) is 9.71. The molecule has 3 atom stereocenters. The molecule has 10 nitrogen and oxygen atoms in total. The molecule has 0 saturated carbocycles. The summed E-state index contributed by atoms with van der Waals surface area (Å²) in [6.07, 6.45) is 2.86. The van der Waals surface area contributed by atoms with Gasteiger partial charge in [0.25, 0.3) is 5.91 Å². The third-order valence-electron chi connectivity index (χ3n) is 7.78. The van der Waals surface area contributed by atoms with Gasteiger partial charge in [0.15, 0.2) is 16.6 Å². The van der Waals surface area contributed by atoms with Crippen molar-refractivity contribution < 1.29 is 19.1 Å². The lowest BCUT2D eigenvalue weighted by Gasteiger charge is -2.36. The number of methoxy groups -OCH3 is 2. The lowest BCUT2D eigenvalue weighted by molar-refractivity contribution is -0.120. The molecule has 2 aromatic carbocycles. The predicted molar refractivity (Wildman–Crippen MR) is 148 cm³/mol. The fourth-order valence-corrected chi connectivity index (χ4v) is 6.32. The number of fused-ring (bicyclic) bond motifs is 6. The quantitative estimate of drug-likeness (QED) is 0.371. The Morgan fingerprint density at radius 1 is 1.15 bits per heavy atom. The molecular weight excluding hydrogens is 516 g/mol. The van der Waals surface area contributed by atoms with E-state index in [4.69, 9.17) is 21.7 Å². The van der Waals surface area contributed by atoms with Crippen molar-refractivity contribution in [3.63, 3.8) is 0 Å². The van der Waals surface area contributed by atoms with Crippen LogP contribution in [0.2, 0.25) is 0 Å². The molecule has 3 aliphatic rings. The SMILES string of the molecule is COc1ccc(CCNC(=S)N2CC3CC2C2C(=O)N(c4cnc(C#N)c5ccccc45)C(=O)N32)cc1OC. The van der Waals surface area contributed by atoms with Crippen molar-refractivity contribution in [2.24, 2.45) is 0 Å². The topological polar surface area (TPSA) is 111 Å². The van der Waals surface area contributed by atoms with Gasteiger partial charge in [-0.15, -0.1) is 0 Å². The van der Waals surface area contributed by atoms with Gasteiger partial charge in [-0.05, 0) is 42.8 Å². The Labute approximate surface area is 230 Å². The fourth-order valence-electron chi connectivity index (χ4n) is 6.01. The third kappa shape index (κ3) is 3.90. The second-order valence-corrected chi connectivity index (χ2v) is 10.1. The molecule has 6 rings (SSSR count). The number of imide groups is 1. The van der Waals surface area contributed by atoms with Gasteiger partial charge in [0.2, 0.25) is 0 Å². The normalized spacial score (nSPS) is 21.4. The number of hydrogen-bond acceptors (Lipinski definition) is 7. The Hall–Kier alpha value is -4.43. The summed E-state index contributed by atoms with van der Waals surface area (Å²) in [5.41, 5.74) is 1.73. The maximum atomic E-state index is 13.7. The first-order chi connectivity index (χ1) is 19.0. The number of carbonyl (C=O) groups is 2. The highest BCUT2D eigenvalue weighted by Crippen LogP contribution is 2.43. The molecule has 3 saturated heterocycles. The zero-order valence-corrected chi connectivity index (χ0v) is 22.3. The van der Waals surface area contributed by atoms with Gasteiger partial charge in [-0.1, -0.05) is 30.3 Å². The molecule has 0 radical (unpaired) electrons. The van der Waals surface area contributed by atoms with E-state index in [0.29, 0.717) is 52.6 Å². The lowest BCUT2D eigenvalue weighted by atomic mass is 10.1. The molecule has 0 aliphatic carbocycles. The number of aromatic nitrogens is 1. The molecule has 198 valence electrons. The molecule has 3 amide bonds. The molecule has 3 aromatic rings. The number of thiocarbonyl (C=S) groups is 1. The smallest absolute Gasteiger partial charge is 0.332 e. The largest absolute Gasteiger partial charge is 0.493 e. The molecule has 1 N–H and O–H groups in total. The van der Waals surface area contributed by atoms with Gasteiger partial charge in [0.05, 0.1) is 38.2 Å². The summed E-state index contributed by atoms with van der Waals surface area (Å²) in [7, 11) is 3.21. The average Bonchev–Trinajstić information content (AvgIpc) is 3.63. The number of nitrogens with one attached hydrogen (secondary N) is 1. The number of benzene rings is 2. The van der Waals surface area contributed by atoms with Gasteiger partial charge >= 0.3 is 6.03 Å². The molecule has 3 aliphatic heterocycles. The van der Waals surface area contributed by atoms with Crippen LogP contribution in [0.25, 0.3) is 10.8 Å². The van der Waals surface area contributed by atoms with Crippen molar-refractivity contribution in [3.05, 3.63) is 59.9 Å². The van der Waals surface area contributed by atoms with Gasteiger partial charge in [-0.3, -0.25) is 4.79 Å². The summed E-state index contributed by atoms with van der Waals surface area (Å²) in [5, 5.41) is 14.6. The van der Waals surface area contributed by atoms with Gasteiger partial charge in [-0.2, -0.15) is 5.26 Å². The van der Waals surface area contributed by atoms with Gasteiger partial charge in [0.1, 0.15) is 17.8 Å². The van der Waals surface area contributed by atoms with E-state index in [1.165, 1.54) is 11.1 Å². The van der Waals surface area contributed by atoms with Crippen LogP contribution in [-0.2, 0) is 11.2 Å². The summed E-state index contributed by atoms with van der Waals surface area (Å²) in [6.45, 7) is 1.18. The Bertz CT molecular complexity index is 1550. The molecule has 39 heavy (non-hydrogen) atoms. The highest BCUT2D eigenvalue weighted by molar-refractivity contribution is 7.80. The number of nitrogens with zero attached hydrogens (tertiary/aromatic N) is 5. The number of likely N-dealkylation sites (tertiary alicyclic amines) is 1. The van der Waals surface area contributed by atoms with E-state index < -0.39 is 6.04 Å². The third-order valence-corrected chi connectivity index (χ3v) is 8.16. The van der Waals surface area contributed by atoms with Gasteiger partial charge < -0.3 is 24.6 Å². The van der Waals surface area contributed by atoms with Crippen LogP contribution in [0.4, 0.5) is 10.5 Å². The molecule has 11 heteroatoms. The van der Waals surface area contributed by atoms with Gasteiger partial charge in [-0.25, -0.2) is 14.7 Å². The Kier molecular flexibility index (Phi) is 6.19. The minimum absolute atomic E-state index is 0.107. The van der Waals surface area contributed by atoms with E-state index in [0.717, 1.165) is 12.0 Å². The molecule has 4 heterocycles. The maximum Gasteiger partial charge on any atom is 0.332 e. The van der Waals surface area contributed by atoms with E-state index >= 15 is 0 Å². The monoisotopic (exact) mass is 542 g/mol. The Morgan fingerprint density at radius 3 is 2.67 bits per heavy atom. The molecule has 0 spiro atoms. The van der Waals surface area contributed by atoms with Crippen LogP contribution in [0.3, 0.4) is 0 Å². The average molecular weight is 543 g/mol. The molecule has 1 aromatic heterocycles. The number of urea groups is 1. The van der Waals surface area contributed by atoms with E-state index in [9.17, 15) is 14.9 Å². The first-order valence-electron chi connectivity index (χ1n) is 12.7. The molecule has 3 fully saturated rings. The second-order valence-electron chi connectivity index (χ2n) is 9.74. The standard InChI is InChI=1S/C28H26N6O4S/c1-37-23-8-7-16(11-24(23)38-2)9-10-30-27(39)32-15-17-12-21(32)25-26(35)34(28(36)33(17)25)22-14-31-20(13-29)18-5-3-4-6-19(18)22/h3-8,11,14,17,21,25H,9-10,12,15H2,1-2H3,(H,30,39). The number of carbonyl (C=O) groups excluding carboxylic acids is 2. The summed E-state index contributed by atoms with van der Waals surface area (Å²) in [4.78, 5) is 36.5. The Morgan fingerprint density at radius 2 is 1.92 bits per heavy atom. The maximum absolute atomic E-state index is 13.7. The number of ether oxygens (including phenoxy) is 2. The summed E-state index contributed by atoms with van der Waals surface area (Å²) in [5.74, 6) is 1.06. The van der Waals surface area contributed by atoms with E-state index in [2.05, 4.69) is 16.4 Å². The highest BCUT2D eigenvalue weighted by Gasteiger charge is 2.62. The first-order valence-corrected chi connectivity index (χ1v) is 13.1. The van der Waals surface area contributed by atoms with Crippen molar-refractivity contribution in [1.29, 1.82) is 5.26 Å². The zero-order chi connectivity index (χ0) is 27.3. The van der Waals surface area contributed by atoms with Crippen LogP contribution in [0.15, 0.2) is 48.7 Å². The summed E-state index contributed by atoms with van der Waals surface area (Å²) < 4.78 is 10.7. The number of nitriles is 1. The fraction of sp³-hybridized carbons (Fsp3) is 0.321. The van der Waals surface area contributed by atoms with E-state index in [1.807, 2.05) is 29.2 Å². The Balaban J connectivity index is 1.17. The first kappa shape index (κ1) is 24.9. The van der Waals surface area contributed by atoms with Crippen molar-refractivity contribution in [2.45, 2.75) is 31.0 Å². The van der Waals surface area contributed by atoms with Crippen LogP contribution >= 0.6 is 12.2 Å². The summed E-state index contributed by atoms with van der Waals surface area (Å²) in [6, 6.07) is 13.8. The van der Waals surface area contributed by atoms with Crippen LogP contribution in [0.1, 0.15) is 17.7 Å². The van der Waals surface area contributed by atoms with E-state index in [1.54, 1.807) is 37.3 Å². The van der Waals surface area contributed by atoms with Crippen LogP contribution < -0.4 is 19.7 Å². The van der Waals surface area contributed by atoms with Crippen molar-refractivity contribution in [1.82, 2.24) is 20.1 Å². The summed E-state index contributed by atoms with van der Waals surface area (Å²) >= 11 is 5.72. The molecule has 2 bridgehead atoms. The minimum atomic E-state index is -0.615. The number of pyridine rings is 1. The molecule has 3 unspecified atom stereocenters. The van der Waals surface area contributed by atoms with Crippen molar-refractivity contribution in [2.75, 3.05) is 32.2 Å². The van der Waals surface area contributed by atoms with Crippen LogP contribution in [0, 0.1) is 11.3 Å². The predicted octanol–water partition coefficient (Wildman–Crippen LogP) is 2.83. The van der Waals surface area contributed by atoms with Crippen LogP contribution in [0.5, 0.6) is 11.5 Å². The highest BCUT2D eigenvalue weighted by atomic mass is 32.1. The number of amides is 3. The van der Waals surface area contributed by atoms with E-state index in [-0.39, 0.29) is 29.7 Å². The lowest BCUT2D eigenvalue weighted by Crippen LogP contribution is -2.57. The number of anilines is 1. The van der Waals surface area contributed by atoms with Crippen molar-refractivity contribution >= 4 is 45.7 Å². The van der Waals surface area contributed by atoms with Crippen LogP contribution in [-0.4, -0.2) is 77.3 Å². The number of hydrogen-bond donors (Lipinski definition) is 1.